The largest absolute Gasteiger partial charge is 0.333 e. The molecule has 1 aliphatic rings. The minimum absolute atomic E-state index is 0.167. The van der Waals surface area contributed by atoms with Crippen LogP contribution in [0.1, 0.15) is 6.42 Å². The molecule has 0 aliphatic carbocycles. The van der Waals surface area contributed by atoms with Crippen molar-refractivity contribution >= 4 is 29.1 Å². The highest BCUT2D eigenvalue weighted by molar-refractivity contribution is 6.27. The minimum atomic E-state index is -0.564. The summed E-state index contributed by atoms with van der Waals surface area (Å²) in [6.07, 6.45) is 0.478. The van der Waals surface area contributed by atoms with E-state index in [9.17, 15) is 14.0 Å². The minimum Gasteiger partial charge on any atom is -0.333 e. The number of anilines is 1. The van der Waals surface area contributed by atoms with Gasteiger partial charge in [-0.2, -0.15) is 0 Å². The molecule has 0 radical (unpaired) electrons. The molecule has 1 fully saturated rings. The Hall–Kier alpha value is -1.62. The molecule has 2 rings (SSSR count). The molecule has 1 unspecified atom stereocenters. The molecule has 19 heavy (non-hydrogen) atoms. The number of carbonyl (C=O) groups excluding carboxylic acids is 2. The van der Waals surface area contributed by atoms with E-state index >= 15 is 0 Å². The molecule has 0 aromatic heterocycles. The maximum Gasteiger partial charge on any atom is 0.249 e. The van der Waals surface area contributed by atoms with Gasteiger partial charge in [-0.3, -0.25) is 9.59 Å². The highest BCUT2D eigenvalue weighted by atomic mass is 35.5. The summed E-state index contributed by atoms with van der Waals surface area (Å²) >= 11 is 5.48. The molecule has 102 valence electrons. The number of nitrogens with zero attached hydrogens (tertiary/aromatic N) is 2. The van der Waals surface area contributed by atoms with Crippen molar-refractivity contribution in [2.24, 2.45) is 0 Å². The van der Waals surface area contributed by atoms with Crippen molar-refractivity contribution in [3.63, 3.8) is 0 Å². The van der Waals surface area contributed by atoms with Crippen LogP contribution in [-0.4, -0.2) is 42.2 Å². The maximum atomic E-state index is 13.7. The highest BCUT2D eigenvalue weighted by Crippen LogP contribution is 2.26. The molecule has 0 N–H and O–H groups in total. The number of para-hydroxylation sites is 1. The van der Waals surface area contributed by atoms with Gasteiger partial charge < -0.3 is 9.80 Å². The molecular formula is C13H14ClFN2O2. The van der Waals surface area contributed by atoms with E-state index in [2.05, 4.69) is 0 Å². The zero-order valence-corrected chi connectivity index (χ0v) is 11.2. The van der Waals surface area contributed by atoms with Crippen LogP contribution in [0.3, 0.4) is 0 Å². The lowest BCUT2D eigenvalue weighted by atomic mass is 10.2. The topological polar surface area (TPSA) is 40.6 Å². The monoisotopic (exact) mass is 284 g/mol. The third kappa shape index (κ3) is 2.56. The van der Waals surface area contributed by atoms with E-state index in [0.29, 0.717) is 13.0 Å². The average molecular weight is 285 g/mol. The van der Waals surface area contributed by atoms with Crippen LogP contribution in [0.5, 0.6) is 0 Å². The first-order chi connectivity index (χ1) is 9.06. The molecule has 1 heterocycles. The molecule has 6 heteroatoms. The van der Waals surface area contributed by atoms with Gasteiger partial charge in [0.15, 0.2) is 0 Å². The number of hydrogen-bond donors (Lipinski definition) is 0. The van der Waals surface area contributed by atoms with Gasteiger partial charge in [0.05, 0.1) is 5.69 Å². The summed E-state index contributed by atoms with van der Waals surface area (Å²) < 4.78 is 13.7. The number of alkyl halides is 1. The van der Waals surface area contributed by atoms with E-state index < -0.39 is 11.9 Å². The fraction of sp³-hybridized carbons (Fsp3) is 0.385. The van der Waals surface area contributed by atoms with Gasteiger partial charge in [0, 0.05) is 13.6 Å². The smallest absolute Gasteiger partial charge is 0.249 e. The van der Waals surface area contributed by atoms with Crippen molar-refractivity contribution < 1.29 is 14.0 Å². The second-order valence-electron chi connectivity index (χ2n) is 4.38. The normalized spacial score (nSPS) is 18.8. The Morgan fingerprint density at radius 2 is 2.21 bits per heavy atom. The lowest BCUT2D eigenvalue weighted by molar-refractivity contribution is -0.134. The Labute approximate surface area is 115 Å². The number of halogens is 2. The van der Waals surface area contributed by atoms with Crippen molar-refractivity contribution in [3.8, 4) is 0 Å². The zero-order chi connectivity index (χ0) is 14.0. The van der Waals surface area contributed by atoms with E-state index in [-0.39, 0.29) is 23.4 Å². The van der Waals surface area contributed by atoms with Crippen LogP contribution in [0.25, 0.3) is 0 Å². The molecule has 0 bridgehead atoms. The van der Waals surface area contributed by atoms with Crippen LogP contribution < -0.4 is 4.90 Å². The predicted octanol–water partition coefficient (Wildman–Crippen LogP) is 1.63. The van der Waals surface area contributed by atoms with Crippen molar-refractivity contribution in [2.45, 2.75) is 12.5 Å². The van der Waals surface area contributed by atoms with Gasteiger partial charge in [0.25, 0.3) is 0 Å². The number of likely N-dealkylation sites (N-methyl/N-ethyl adjacent to an activating group) is 1. The van der Waals surface area contributed by atoms with Gasteiger partial charge in [0.1, 0.15) is 17.7 Å². The number of rotatable bonds is 3. The number of carbonyl (C=O) groups is 2. The van der Waals surface area contributed by atoms with Crippen LogP contribution in [0.15, 0.2) is 24.3 Å². The third-order valence-corrected chi connectivity index (χ3v) is 3.52. The summed E-state index contributed by atoms with van der Waals surface area (Å²) in [6.45, 7) is 0.393. The predicted molar refractivity (Wildman–Crippen MR) is 70.6 cm³/mol. The quantitative estimate of drug-likeness (QED) is 0.792. The first-order valence-electron chi connectivity index (χ1n) is 5.93. The number of hydrogen-bond acceptors (Lipinski definition) is 2. The van der Waals surface area contributed by atoms with Gasteiger partial charge in [-0.15, -0.1) is 11.6 Å². The van der Waals surface area contributed by atoms with Crippen LogP contribution in [0.4, 0.5) is 10.1 Å². The highest BCUT2D eigenvalue weighted by Gasteiger charge is 2.37. The molecule has 1 aliphatic heterocycles. The summed E-state index contributed by atoms with van der Waals surface area (Å²) in [6, 6.07) is 5.54. The van der Waals surface area contributed by atoms with Gasteiger partial charge in [-0.05, 0) is 18.6 Å². The number of amides is 2. The van der Waals surface area contributed by atoms with E-state index in [1.165, 1.54) is 22.9 Å². The Morgan fingerprint density at radius 1 is 1.53 bits per heavy atom. The van der Waals surface area contributed by atoms with Crippen LogP contribution in [0.2, 0.25) is 0 Å². The van der Waals surface area contributed by atoms with E-state index in [0.717, 1.165) is 0 Å². The summed E-state index contributed by atoms with van der Waals surface area (Å²) in [5, 5.41) is 0. The molecule has 4 nitrogen and oxygen atoms in total. The Balaban J connectivity index is 2.19. The maximum absolute atomic E-state index is 13.7. The van der Waals surface area contributed by atoms with Crippen molar-refractivity contribution in [3.05, 3.63) is 30.1 Å². The Morgan fingerprint density at radius 3 is 2.84 bits per heavy atom. The lowest BCUT2D eigenvalue weighted by Gasteiger charge is -2.23. The summed E-state index contributed by atoms with van der Waals surface area (Å²) in [5.41, 5.74) is 0.252. The summed E-state index contributed by atoms with van der Waals surface area (Å²) in [7, 11) is 1.54. The van der Waals surface area contributed by atoms with Crippen molar-refractivity contribution in [1.29, 1.82) is 0 Å². The Kier molecular flexibility index (Phi) is 4.04. The molecule has 1 saturated heterocycles. The SMILES string of the molecule is CN(C(=O)CCl)C1CCN(c2ccccc2F)C1=O. The summed E-state index contributed by atoms with van der Waals surface area (Å²) in [4.78, 5) is 26.4. The van der Waals surface area contributed by atoms with Crippen molar-refractivity contribution in [1.82, 2.24) is 4.90 Å². The standard InChI is InChI=1S/C13H14ClFN2O2/c1-16(12(18)8-14)11-6-7-17(13(11)19)10-5-3-2-4-9(10)15/h2-5,11H,6-8H2,1H3. The van der Waals surface area contributed by atoms with Crippen molar-refractivity contribution in [2.75, 3.05) is 24.4 Å². The van der Waals surface area contributed by atoms with Crippen LogP contribution in [-0.2, 0) is 9.59 Å². The van der Waals surface area contributed by atoms with Crippen LogP contribution >= 0.6 is 11.6 Å². The first-order valence-corrected chi connectivity index (χ1v) is 6.47. The zero-order valence-electron chi connectivity index (χ0n) is 10.5. The molecule has 1 aromatic carbocycles. The lowest BCUT2D eigenvalue weighted by Crippen LogP contribution is -2.43. The van der Waals surface area contributed by atoms with Crippen LogP contribution in [0, 0.1) is 5.82 Å². The molecule has 0 saturated carbocycles. The first kappa shape index (κ1) is 13.8. The number of benzene rings is 1. The fourth-order valence-corrected chi connectivity index (χ4v) is 2.39. The molecule has 2 amide bonds. The van der Waals surface area contributed by atoms with E-state index in [1.54, 1.807) is 18.2 Å². The van der Waals surface area contributed by atoms with E-state index in [1.807, 2.05) is 0 Å². The van der Waals surface area contributed by atoms with Gasteiger partial charge in [-0.25, -0.2) is 4.39 Å². The van der Waals surface area contributed by atoms with Gasteiger partial charge in [0.2, 0.25) is 11.8 Å². The second-order valence-corrected chi connectivity index (χ2v) is 4.65. The molecule has 1 aromatic rings. The van der Waals surface area contributed by atoms with E-state index in [4.69, 9.17) is 11.6 Å². The molecular weight excluding hydrogens is 271 g/mol. The summed E-state index contributed by atoms with van der Waals surface area (Å²) in [5.74, 6) is -1.19. The van der Waals surface area contributed by atoms with Gasteiger partial charge in [-0.1, -0.05) is 12.1 Å². The Bertz CT molecular complexity index is 509. The fourth-order valence-electron chi connectivity index (χ4n) is 2.20. The molecule has 1 atom stereocenters. The average Bonchev–Trinajstić information content (AvgIpc) is 2.79. The second kappa shape index (κ2) is 5.57. The third-order valence-electron chi connectivity index (χ3n) is 3.30. The van der Waals surface area contributed by atoms with Gasteiger partial charge >= 0.3 is 0 Å². The molecule has 0 spiro atoms.